The molecule has 0 aromatic heterocycles. The lowest BCUT2D eigenvalue weighted by molar-refractivity contribution is 0.00654. The predicted octanol–water partition coefficient (Wildman–Crippen LogP) is 0.601. The lowest BCUT2D eigenvalue weighted by atomic mass is 9.87. The van der Waals surface area contributed by atoms with Gasteiger partial charge < -0.3 is 15.7 Å². The summed E-state index contributed by atoms with van der Waals surface area (Å²) >= 11 is 0. The molecule has 1 fully saturated rings. The second-order valence-corrected chi connectivity index (χ2v) is 4.68. The summed E-state index contributed by atoms with van der Waals surface area (Å²) in [6, 6.07) is 0.544. The first-order valence-electron chi connectivity index (χ1n) is 4.56. The Morgan fingerprint density at radius 3 is 2.23 bits per heavy atom. The van der Waals surface area contributed by atoms with Gasteiger partial charge in [-0.3, -0.25) is 0 Å². The van der Waals surface area contributed by atoms with Crippen molar-refractivity contribution in [3.63, 3.8) is 0 Å². The highest BCUT2D eigenvalue weighted by atomic mass is 35.5. The maximum absolute atomic E-state index is 9.11. The van der Waals surface area contributed by atoms with Crippen molar-refractivity contribution in [3.05, 3.63) is 0 Å². The van der Waals surface area contributed by atoms with Gasteiger partial charge in [0.25, 0.3) is 0 Å². The number of aliphatic hydroxyl groups is 1. The summed E-state index contributed by atoms with van der Waals surface area (Å²) in [5, 5.41) is 9.11. The van der Waals surface area contributed by atoms with E-state index in [0.29, 0.717) is 6.04 Å². The fourth-order valence-electron chi connectivity index (χ4n) is 1.69. The first-order valence-corrected chi connectivity index (χ1v) is 4.56. The zero-order valence-electron chi connectivity index (χ0n) is 8.66. The summed E-state index contributed by atoms with van der Waals surface area (Å²) in [6.45, 7) is 4.95. The van der Waals surface area contributed by atoms with E-state index in [1.807, 2.05) is 13.8 Å². The van der Waals surface area contributed by atoms with Crippen LogP contribution in [0.25, 0.3) is 0 Å². The zero-order chi connectivity index (χ0) is 9.35. The van der Waals surface area contributed by atoms with Crippen LogP contribution in [0.2, 0.25) is 0 Å². The van der Waals surface area contributed by atoms with E-state index in [-0.39, 0.29) is 24.0 Å². The molecule has 1 aliphatic carbocycles. The van der Waals surface area contributed by atoms with Crippen molar-refractivity contribution in [2.24, 2.45) is 5.73 Å². The number of nitrogens with two attached hydrogens (primary N) is 1. The molecule has 0 saturated heterocycles. The summed E-state index contributed by atoms with van der Waals surface area (Å²) in [6.07, 6.45) is 1.75. The summed E-state index contributed by atoms with van der Waals surface area (Å²) < 4.78 is 0. The SMILES string of the molecule is CN(CC(C)(C)N)C1CC(O)C1.Cl. The van der Waals surface area contributed by atoms with Crippen molar-refractivity contribution in [3.8, 4) is 0 Å². The van der Waals surface area contributed by atoms with Gasteiger partial charge in [0.2, 0.25) is 0 Å². The van der Waals surface area contributed by atoms with Gasteiger partial charge in [0.1, 0.15) is 0 Å². The van der Waals surface area contributed by atoms with Gasteiger partial charge in [0.05, 0.1) is 6.10 Å². The van der Waals surface area contributed by atoms with Gasteiger partial charge >= 0.3 is 0 Å². The lowest BCUT2D eigenvalue weighted by Crippen LogP contribution is -2.52. The van der Waals surface area contributed by atoms with Gasteiger partial charge in [-0.05, 0) is 33.7 Å². The second-order valence-electron chi connectivity index (χ2n) is 4.68. The van der Waals surface area contributed by atoms with Crippen molar-refractivity contribution in [2.45, 2.75) is 44.4 Å². The first kappa shape index (κ1) is 13.2. The number of rotatable bonds is 3. The molecule has 1 rings (SSSR count). The van der Waals surface area contributed by atoms with Crippen molar-refractivity contribution in [1.82, 2.24) is 4.90 Å². The Bertz CT molecular complexity index is 152. The molecular weight excluding hydrogens is 188 g/mol. The Morgan fingerprint density at radius 2 is 1.92 bits per heavy atom. The van der Waals surface area contributed by atoms with E-state index in [9.17, 15) is 0 Å². The van der Waals surface area contributed by atoms with Crippen LogP contribution in [-0.2, 0) is 0 Å². The molecule has 0 aromatic carbocycles. The maximum atomic E-state index is 9.11. The average Bonchev–Trinajstić information content (AvgIpc) is 1.76. The Kier molecular flexibility index (Phi) is 4.66. The standard InChI is InChI=1S/C9H20N2O.ClH/c1-9(2,10)6-11(3)7-4-8(12)5-7;/h7-8,12H,4-6,10H2,1-3H3;1H. The molecule has 80 valence electrons. The molecular formula is C9H21ClN2O. The van der Waals surface area contributed by atoms with Gasteiger partial charge in [0, 0.05) is 18.1 Å². The minimum absolute atomic E-state index is 0. The van der Waals surface area contributed by atoms with Gasteiger partial charge in [0.15, 0.2) is 0 Å². The minimum Gasteiger partial charge on any atom is -0.393 e. The minimum atomic E-state index is -0.130. The third-order valence-electron chi connectivity index (χ3n) is 2.37. The molecule has 3 nitrogen and oxygen atoms in total. The van der Waals surface area contributed by atoms with E-state index in [2.05, 4.69) is 11.9 Å². The number of halogens is 1. The van der Waals surface area contributed by atoms with Gasteiger partial charge in [-0.2, -0.15) is 0 Å². The topological polar surface area (TPSA) is 49.5 Å². The summed E-state index contributed by atoms with van der Waals surface area (Å²) in [5.74, 6) is 0. The maximum Gasteiger partial charge on any atom is 0.0570 e. The van der Waals surface area contributed by atoms with Crippen LogP contribution in [0.4, 0.5) is 0 Å². The highest BCUT2D eigenvalue weighted by molar-refractivity contribution is 5.85. The van der Waals surface area contributed by atoms with Crippen molar-refractivity contribution in [2.75, 3.05) is 13.6 Å². The van der Waals surface area contributed by atoms with E-state index in [4.69, 9.17) is 10.8 Å². The van der Waals surface area contributed by atoms with E-state index < -0.39 is 0 Å². The van der Waals surface area contributed by atoms with Crippen LogP contribution in [0.15, 0.2) is 0 Å². The van der Waals surface area contributed by atoms with Crippen molar-refractivity contribution < 1.29 is 5.11 Å². The quantitative estimate of drug-likeness (QED) is 0.715. The Morgan fingerprint density at radius 1 is 1.46 bits per heavy atom. The van der Waals surface area contributed by atoms with E-state index in [1.54, 1.807) is 0 Å². The molecule has 0 amide bonds. The monoisotopic (exact) mass is 208 g/mol. The second kappa shape index (κ2) is 4.60. The van der Waals surface area contributed by atoms with E-state index >= 15 is 0 Å². The molecule has 0 unspecified atom stereocenters. The zero-order valence-corrected chi connectivity index (χ0v) is 9.47. The van der Waals surface area contributed by atoms with Gasteiger partial charge in [-0.25, -0.2) is 0 Å². The van der Waals surface area contributed by atoms with Crippen LogP contribution in [0.3, 0.4) is 0 Å². The summed E-state index contributed by atoms with van der Waals surface area (Å²) in [5.41, 5.74) is 5.75. The largest absolute Gasteiger partial charge is 0.393 e. The molecule has 0 radical (unpaired) electrons. The molecule has 0 heterocycles. The normalized spacial score (nSPS) is 28.2. The Balaban J connectivity index is 0.00000144. The fraction of sp³-hybridized carbons (Fsp3) is 1.00. The summed E-state index contributed by atoms with van der Waals surface area (Å²) in [4.78, 5) is 2.24. The van der Waals surface area contributed by atoms with Crippen LogP contribution in [0, 0.1) is 0 Å². The molecule has 0 bridgehead atoms. The number of likely N-dealkylation sites (N-methyl/N-ethyl adjacent to an activating group) is 1. The van der Waals surface area contributed by atoms with Crippen LogP contribution in [-0.4, -0.2) is 41.3 Å². The number of aliphatic hydroxyl groups excluding tert-OH is 1. The molecule has 0 aromatic rings. The molecule has 13 heavy (non-hydrogen) atoms. The molecule has 0 aliphatic heterocycles. The van der Waals surface area contributed by atoms with Crippen LogP contribution in [0.5, 0.6) is 0 Å². The highest BCUT2D eigenvalue weighted by Crippen LogP contribution is 2.24. The molecule has 0 spiro atoms. The molecule has 0 atom stereocenters. The highest BCUT2D eigenvalue weighted by Gasteiger charge is 2.31. The number of hydrogen-bond donors (Lipinski definition) is 2. The van der Waals surface area contributed by atoms with Gasteiger partial charge in [-0.15, -0.1) is 12.4 Å². The van der Waals surface area contributed by atoms with Crippen LogP contribution >= 0.6 is 12.4 Å². The third kappa shape index (κ3) is 4.27. The molecule has 3 N–H and O–H groups in total. The van der Waals surface area contributed by atoms with Crippen LogP contribution in [0.1, 0.15) is 26.7 Å². The smallest absolute Gasteiger partial charge is 0.0570 e. The van der Waals surface area contributed by atoms with Gasteiger partial charge in [-0.1, -0.05) is 0 Å². The third-order valence-corrected chi connectivity index (χ3v) is 2.37. The van der Waals surface area contributed by atoms with Crippen LogP contribution < -0.4 is 5.73 Å². The predicted molar refractivity (Wildman–Crippen MR) is 57.2 cm³/mol. The van der Waals surface area contributed by atoms with Crippen molar-refractivity contribution >= 4 is 12.4 Å². The Labute approximate surface area is 86.7 Å². The Hall–Kier alpha value is 0.170. The van der Waals surface area contributed by atoms with Crippen molar-refractivity contribution in [1.29, 1.82) is 0 Å². The first-order chi connectivity index (χ1) is 5.38. The molecule has 1 saturated carbocycles. The number of hydrogen-bond acceptors (Lipinski definition) is 3. The molecule has 1 aliphatic rings. The lowest BCUT2D eigenvalue weighted by Gasteiger charge is -2.41. The fourth-order valence-corrected chi connectivity index (χ4v) is 1.69. The molecule has 4 heteroatoms. The number of nitrogens with zero attached hydrogens (tertiary/aromatic N) is 1. The average molecular weight is 209 g/mol. The summed E-state index contributed by atoms with van der Waals surface area (Å²) in [7, 11) is 2.07. The van der Waals surface area contributed by atoms with E-state index in [0.717, 1.165) is 19.4 Å². The van der Waals surface area contributed by atoms with E-state index in [1.165, 1.54) is 0 Å².